The largest absolute Gasteiger partial charge is 0.330 e. The topological polar surface area (TPSA) is 38.0 Å². The average molecular weight is 166 g/mol. The molecule has 1 atom stereocenters. The van der Waals surface area contributed by atoms with Crippen molar-refractivity contribution in [1.82, 2.24) is 5.32 Å². The summed E-state index contributed by atoms with van der Waals surface area (Å²) in [6.07, 6.45) is -1.36. The maximum atomic E-state index is 11.6. The van der Waals surface area contributed by atoms with Crippen molar-refractivity contribution >= 4 is 0 Å². The van der Waals surface area contributed by atoms with Crippen molar-refractivity contribution in [2.24, 2.45) is 11.7 Å². The van der Waals surface area contributed by atoms with Crippen LogP contribution in [0.4, 0.5) is 8.78 Å². The van der Waals surface area contributed by atoms with Crippen molar-refractivity contribution in [2.75, 3.05) is 19.6 Å². The maximum Gasteiger partial charge on any atom is 0.250 e. The van der Waals surface area contributed by atoms with Gasteiger partial charge in [-0.25, -0.2) is 8.78 Å². The number of nitrogens with one attached hydrogen (secondary N) is 1. The van der Waals surface area contributed by atoms with E-state index in [9.17, 15) is 8.78 Å². The molecule has 0 saturated carbocycles. The summed E-state index contributed by atoms with van der Waals surface area (Å²) in [4.78, 5) is 0. The summed E-state index contributed by atoms with van der Waals surface area (Å²) in [5.74, 6) is 0.388. The quantitative estimate of drug-likeness (QED) is 0.613. The van der Waals surface area contributed by atoms with Crippen LogP contribution in [0.2, 0.25) is 0 Å². The molecule has 0 saturated heterocycles. The predicted molar refractivity (Wildman–Crippen MR) is 41.7 cm³/mol. The lowest BCUT2D eigenvalue weighted by Gasteiger charge is -2.10. The fraction of sp³-hybridized carbons (Fsp3) is 1.00. The molecule has 68 valence electrons. The molecule has 0 spiro atoms. The molecule has 4 heteroatoms. The summed E-state index contributed by atoms with van der Waals surface area (Å²) in [6, 6.07) is 0. The van der Waals surface area contributed by atoms with E-state index in [1.54, 1.807) is 0 Å². The molecule has 0 heterocycles. The number of alkyl halides is 2. The van der Waals surface area contributed by atoms with Gasteiger partial charge in [0.2, 0.25) is 0 Å². The first-order valence-corrected chi connectivity index (χ1v) is 3.85. The Morgan fingerprint density at radius 1 is 1.36 bits per heavy atom. The zero-order valence-corrected chi connectivity index (χ0v) is 6.82. The second-order valence-electron chi connectivity index (χ2n) is 2.73. The minimum Gasteiger partial charge on any atom is -0.330 e. The van der Waals surface area contributed by atoms with Gasteiger partial charge in [0.1, 0.15) is 0 Å². The summed E-state index contributed by atoms with van der Waals surface area (Å²) in [5.41, 5.74) is 5.29. The first kappa shape index (κ1) is 10.8. The van der Waals surface area contributed by atoms with Crippen LogP contribution in [0.5, 0.6) is 0 Å². The molecule has 0 aromatic heterocycles. The van der Waals surface area contributed by atoms with E-state index in [1.165, 1.54) is 0 Å². The highest BCUT2D eigenvalue weighted by Gasteiger charge is 2.03. The second kappa shape index (κ2) is 6.49. The van der Waals surface area contributed by atoms with Crippen molar-refractivity contribution in [3.8, 4) is 0 Å². The molecule has 0 radical (unpaired) electrons. The highest BCUT2D eigenvalue weighted by molar-refractivity contribution is 4.57. The first-order chi connectivity index (χ1) is 5.16. The third-order valence-corrected chi connectivity index (χ3v) is 1.45. The Morgan fingerprint density at radius 2 is 2.00 bits per heavy atom. The van der Waals surface area contributed by atoms with Crippen LogP contribution in [0.15, 0.2) is 0 Å². The van der Waals surface area contributed by atoms with Crippen LogP contribution >= 0.6 is 0 Å². The van der Waals surface area contributed by atoms with Gasteiger partial charge in [-0.3, -0.25) is 0 Å². The van der Waals surface area contributed by atoms with E-state index in [1.807, 2.05) is 6.92 Å². The molecule has 0 aromatic rings. The van der Waals surface area contributed by atoms with Crippen LogP contribution in [0.1, 0.15) is 13.3 Å². The van der Waals surface area contributed by atoms with Crippen molar-refractivity contribution in [3.05, 3.63) is 0 Å². The monoisotopic (exact) mass is 166 g/mol. The molecule has 0 bridgehead atoms. The van der Waals surface area contributed by atoms with Gasteiger partial charge in [-0.2, -0.15) is 0 Å². The molecule has 0 fully saturated rings. The molecule has 0 rings (SSSR count). The molecule has 0 aliphatic carbocycles. The first-order valence-electron chi connectivity index (χ1n) is 3.85. The number of hydrogen-bond acceptors (Lipinski definition) is 2. The summed E-state index contributed by atoms with van der Waals surface area (Å²) >= 11 is 0. The van der Waals surface area contributed by atoms with E-state index in [4.69, 9.17) is 5.73 Å². The van der Waals surface area contributed by atoms with Gasteiger partial charge in [-0.05, 0) is 25.4 Å². The third kappa shape index (κ3) is 7.68. The fourth-order valence-electron chi connectivity index (χ4n) is 0.825. The van der Waals surface area contributed by atoms with E-state index >= 15 is 0 Å². The van der Waals surface area contributed by atoms with Crippen molar-refractivity contribution in [2.45, 2.75) is 19.8 Å². The fourth-order valence-corrected chi connectivity index (χ4v) is 0.825. The van der Waals surface area contributed by atoms with E-state index in [0.29, 0.717) is 19.0 Å². The van der Waals surface area contributed by atoms with Crippen LogP contribution in [0.3, 0.4) is 0 Å². The highest BCUT2D eigenvalue weighted by Crippen LogP contribution is 1.97. The lowest BCUT2D eigenvalue weighted by atomic mass is 10.1. The molecule has 1 unspecified atom stereocenters. The van der Waals surface area contributed by atoms with Crippen molar-refractivity contribution < 1.29 is 8.78 Å². The lowest BCUT2D eigenvalue weighted by molar-refractivity contribution is 0.144. The van der Waals surface area contributed by atoms with Crippen LogP contribution in [0, 0.1) is 5.92 Å². The highest BCUT2D eigenvalue weighted by atomic mass is 19.3. The smallest absolute Gasteiger partial charge is 0.250 e. The Bertz CT molecular complexity index is 88.5. The molecular weight excluding hydrogens is 150 g/mol. The Morgan fingerprint density at radius 3 is 2.45 bits per heavy atom. The number of hydrogen-bond donors (Lipinski definition) is 2. The van der Waals surface area contributed by atoms with E-state index < -0.39 is 6.43 Å². The van der Waals surface area contributed by atoms with Gasteiger partial charge in [-0.1, -0.05) is 6.92 Å². The molecule has 0 aromatic carbocycles. The van der Waals surface area contributed by atoms with Gasteiger partial charge in [0, 0.05) is 0 Å². The zero-order chi connectivity index (χ0) is 8.69. The number of nitrogens with two attached hydrogens (primary N) is 1. The van der Waals surface area contributed by atoms with Gasteiger partial charge in [0.25, 0.3) is 6.43 Å². The molecule has 0 aliphatic heterocycles. The molecule has 3 N–H and O–H groups in total. The SMILES string of the molecule is CC(CCN)CNCC(F)F. The summed E-state index contributed by atoms with van der Waals surface area (Å²) in [5, 5.41) is 2.66. The molecule has 11 heavy (non-hydrogen) atoms. The third-order valence-electron chi connectivity index (χ3n) is 1.45. The summed E-state index contributed by atoms with van der Waals surface area (Å²) < 4.78 is 23.2. The van der Waals surface area contributed by atoms with E-state index in [-0.39, 0.29) is 6.54 Å². The minimum absolute atomic E-state index is 0.213. The Hall–Kier alpha value is -0.220. The van der Waals surface area contributed by atoms with E-state index in [0.717, 1.165) is 6.42 Å². The zero-order valence-electron chi connectivity index (χ0n) is 6.82. The van der Waals surface area contributed by atoms with Crippen LogP contribution in [0.25, 0.3) is 0 Å². The van der Waals surface area contributed by atoms with Crippen molar-refractivity contribution in [3.63, 3.8) is 0 Å². The Labute approximate surface area is 66.1 Å². The van der Waals surface area contributed by atoms with Gasteiger partial charge in [0.15, 0.2) is 0 Å². The maximum absolute atomic E-state index is 11.6. The molecule has 2 nitrogen and oxygen atoms in total. The summed E-state index contributed by atoms with van der Waals surface area (Å²) in [7, 11) is 0. The van der Waals surface area contributed by atoms with Gasteiger partial charge in [0.05, 0.1) is 6.54 Å². The molecular formula is C7H16F2N2. The normalized spacial score (nSPS) is 13.9. The Balaban J connectivity index is 3.10. The van der Waals surface area contributed by atoms with Crippen molar-refractivity contribution in [1.29, 1.82) is 0 Å². The predicted octanol–water partition coefficient (Wildman–Crippen LogP) is 0.826. The number of rotatable bonds is 6. The Kier molecular flexibility index (Phi) is 6.36. The average Bonchev–Trinajstić information content (AvgIpc) is 1.87. The van der Waals surface area contributed by atoms with Crippen LogP contribution in [-0.4, -0.2) is 26.1 Å². The lowest BCUT2D eigenvalue weighted by Crippen LogP contribution is -2.27. The minimum atomic E-state index is -2.25. The van der Waals surface area contributed by atoms with Crippen LogP contribution < -0.4 is 11.1 Å². The van der Waals surface area contributed by atoms with Crippen LogP contribution in [-0.2, 0) is 0 Å². The van der Waals surface area contributed by atoms with Gasteiger partial charge < -0.3 is 11.1 Å². The standard InChI is InChI=1S/C7H16F2N2/c1-6(2-3-10)4-11-5-7(8)9/h6-7,11H,2-5,10H2,1H3. The second-order valence-corrected chi connectivity index (χ2v) is 2.73. The van der Waals surface area contributed by atoms with E-state index in [2.05, 4.69) is 5.32 Å². The van der Waals surface area contributed by atoms with Gasteiger partial charge in [-0.15, -0.1) is 0 Å². The molecule has 0 aliphatic rings. The van der Waals surface area contributed by atoms with Gasteiger partial charge >= 0.3 is 0 Å². The molecule has 0 amide bonds. The number of halogens is 2. The summed E-state index contributed by atoms with van der Waals surface area (Å²) in [6.45, 7) is 3.03.